The second-order valence-electron chi connectivity index (χ2n) is 3.86. The van der Waals surface area contributed by atoms with Crippen LogP contribution in [0.2, 0.25) is 0 Å². The summed E-state index contributed by atoms with van der Waals surface area (Å²) in [5.41, 5.74) is 0.993. The molecule has 0 saturated carbocycles. The fraction of sp³-hybridized carbons (Fsp3) is 0.455. The van der Waals surface area contributed by atoms with Gasteiger partial charge in [0.05, 0.1) is 11.9 Å². The van der Waals surface area contributed by atoms with Gasteiger partial charge in [0, 0.05) is 31.9 Å². The van der Waals surface area contributed by atoms with Gasteiger partial charge in [0.25, 0.3) is 0 Å². The molecule has 0 aliphatic rings. The minimum absolute atomic E-state index is 0.294. The average molecular weight is 223 g/mol. The van der Waals surface area contributed by atoms with Crippen LogP contribution < -0.4 is 4.90 Å². The molecule has 88 valence electrons. The zero-order valence-electron chi connectivity index (χ0n) is 9.79. The summed E-state index contributed by atoms with van der Waals surface area (Å²) < 4.78 is 1.73. The number of carboxylic acids is 1. The number of aliphatic carboxylic acids is 1. The Balaban J connectivity index is 2.72. The molecular weight excluding hydrogens is 206 g/mol. The Bertz CT molecular complexity index is 382. The number of aromatic nitrogens is 2. The van der Waals surface area contributed by atoms with E-state index in [2.05, 4.69) is 23.8 Å². The highest BCUT2D eigenvalue weighted by Crippen LogP contribution is 2.15. The van der Waals surface area contributed by atoms with Crippen LogP contribution in [-0.2, 0) is 11.8 Å². The van der Waals surface area contributed by atoms with Crippen LogP contribution in [0.5, 0.6) is 0 Å². The highest BCUT2D eigenvalue weighted by molar-refractivity contribution is 5.79. The lowest BCUT2D eigenvalue weighted by Gasteiger charge is -2.25. The van der Waals surface area contributed by atoms with Crippen LogP contribution in [0.15, 0.2) is 24.5 Å². The summed E-state index contributed by atoms with van der Waals surface area (Å²) in [4.78, 5) is 12.4. The Morgan fingerprint density at radius 2 is 2.38 bits per heavy atom. The van der Waals surface area contributed by atoms with Crippen molar-refractivity contribution >= 4 is 11.7 Å². The van der Waals surface area contributed by atoms with Crippen molar-refractivity contribution in [1.29, 1.82) is 0 Å². The zero-order chi connectivity index (χ0) is 12.1. The summed E-state index contributed by atoms with van der Waals surface area (Å²) in [5, 5.41) is 12.6. The van der Waals surface area contributed by atoms with E-state index in [0.717, 1.165) is 11.8 Å². The second-order valence-corrected chi connectivity index (χ2v) is 3.86. The highest BCUT2D eigenvalue weighted by Gasteiger charge is 2.10. The maximum Gasteiger partial charge on any atom is 0.328 e. The van der Waals surface area contributed by atoms with Crippen LogP contribution in [0.3, 0.4) is 0 Å². The number of hydrogen-bond acceptors (Lipinski definition) is 3. The van der Waals surface area contributed by atoms with E-state index in [-0.39, 0.29) is 0 Å². The second kappa shape index (κ2) is 5.34. The van der Waals surface area contributed by atoms with Crippen molar-refractivity contribution in [2.24, 2.45) is 7.05 Å². The summed E-state index contributed by atoms with van der Waals surface area (Å²) in [5.74, 6) is -0.921. The lowest BCUT2D eigenvalue weighted by Crippen LogP contribution is -2.30. The first-order chi connectivity index (χ1) is 7.50. The van der Waals surface area contributed by atoms with Gasteiger partial charge in [0.1, 0.15) is 0 Å². The molecule has 0 unspecified atom stereocenters. The first kappa shape index (κ1) is 12.3. The number of rotatable bonds is 5. The molecule has 0 amide bonds. The Labute approximate surface area is 95.0 Å². The maximum absolute atomic E-state index is 10.4. The lowest BCUT2D eigenvalue weighted by atomic mass is 10.3. The topological polar surface area (TPSA) is 58.4 Å². The number of nitrogens with zero attached hydrogens (tertiary/aromatic N) is 3. The molecule has 1 N–H and O–H groups in total. The molecule has 0 aliphatic carbocycles. The number of anilines is 1. The standard InChI is InChI=1S/C11H17N3O2/c1-9(2)14(6-4-5-11(15)16)10-7-12-13(3)8-10/h4-5,7-9H,6H2,1-3H3,(H,15,16)/b5-4+. The summed E-state index contributed by atoms with van der Waals surface area (Å²) >= 11 is 0. The van der Waals surface area contributed by atoms with Gasteiger partial charge in [-0.3, -0.25) is 4.68 Å². The smallest absolute Gasteiger partial charge is 0.328 e. The van der Waals surface area contributed by atoms with Crippen LogP contribution >= 0.6 is 0 Å². The minimum atomic E-state index is -0.921. The van der Waals surface area contributed by atoms with E-state index < -0.39 is 5.97 Å². The Hall–Kier alpha value is -1.78. The summed E-state index contributed by atoms with van der Waals surface area (Å²) in [7, 11) is 1.86. The van der Waals surface area contributed by atoms with Crippen molar-refractivity contribution < 1.29 is 9.90 Å². The molecule has 0 atom stereocenters. The molecule has 0 radical (unpaired) electrons. The van der Waals surface area contributed by atoms with Crippen LogP contribution in [0.25, 0.3) is 0 Å². The SMILES string of the molecule is CC(C)N(C/C=C/C(=O)O)c1cnn(C)c1. The fourth-order valence-electron chi connectivity index (χ4n) is 1.44. The third-order valence-corrected chi connectivity index (χ3v) is 2.21. The number of hydrogen-bond donors (Lipinski definition) is 1. The van der Waals surface area contributed by atoms with Gasteiger partial charge in [-0.15, -0.1) is 0 Å². The first-order valence-corrected chi connectivity index (χ1v) is 5.15. The molecule has 0 spiro atoms. The summed E-state index contributed by atoms with van der Waals surface area (Å²) in [6.45, 7) is 4.68. The van der Waals surface area contributed by atoms with Gasteiger partial charge in [0.2, 0.25) is 0 Å². The average Bonchev–Trinajstić information content (AvgIpc) is 2.58. The van der Waals surface area contributed by atoms with E-state index in [9.17, 15) is 4.79 Å². The molecule has 0 bridgehead atoms. The molecule has 1 aromatic rings. The van der Waals surface area contributed by atoms with Crippen molar-refractivity contribution in [3.63, 3.8) is 0 Å². The monoisotopic (exact) mass is 223 g/mol. The van der Waals surface area contributed by atoms with Gasteiger partial charge in [-0.1, -0.05) is 6.08 Å². The Morgan fingerprint density at radius 3 is 2.81 bits per heavy atom. The minimum Gasteiger partial charge on any atom is -0.478 e. The molecule has 5 nitrogen and oxygen atoms in total. The van der Waals surface area contributed by atoms with Crippen LogP contribution in [0, 0.1) is 0 Å². The molecule has 5 heteroatoms. The molecular formula is C11H17N3O2. The van der Waals surface area contributed by atoms with E-state index in [1.807, 2.05) is 13.2 Å². The number of carboxylic acid groups (broad SMARTS) is 1. The lowest BCUT2D eigenvalue weighted by molar-refractivity contribution is -0.131. The third-order valence-electron chi connectivity index (χ3n) is 2.21. The summed E-state index contributed by atoms with van der Waals surface area (Å²) in [6.07, 6.45) is 6.48. The third kappa shape index (κ3) is 3.42. The van der Waals surface area contributed by atoms with Crippen molar-refractivity contribution in [3.05, 3.63) is 24.5 Å². The van der Waals surface area contributed by atoms with E-state index in [1.165, 1.54) is 0 Å². The zero-order valence-corrected chi connectivity index (χ0v) is 9.79. The van der Waals surface area contributed by atoms with Crippen molar-refractivity contribution in [2.45, 2.75) is 19.9 Å². The van der Waals surface area contributed by atoms with Crippen LogP contribution in [0.4, 0.5) is 5.69 Å². The first-order valence-electron chi connectivity index (χ1n) is 5.15. The van der Waals surface area contributed by atoms with Gasteiger partial charge < -0.3 is 10.0 Å². The maximum atomic E-state index is 10.4. The predicted molar refractivity (Wildman–Crippen MR) is 62.5 cm³/mol. The van der Waals surface area contributed by atoms with Crippen molar-refractivity contribution in [1.82, 2.24) is 9.78 Å². The van der Waals surface area contributed by atoms with Crippen molar-refractivity contribution in [3.8, 4) is 0 Å². The Morgan fingerprint density at radius 1 is 1.69 bits per heavy atom. The fourth-order valence-corrected chi connectivity index (χ4v) is 1.44. The van der Waals surface area contributed by atoms with Gasteiger partial charge >= 0.3 is 5.97 Å². The van der Waals surface area contributed by atoms with Gasteiger partial charge in [-0.2, -0.15) is 5.10 Å². The molecule has 0 saturated heterocycles. The normalized spacial score (nSPS) is 11.2. The predicted octanol–water partition coefficient (Wildman–Crippen LogP) is 1.28. The van der Waals surface area contributed by atoms with Crippen LogP contribution in [-0.4, -0.2) is 33.4 Å². The molecule has 1 heterocycles. The number of carbonyl (C=O) groups is 1. The molecule has 16 heavy (non-hydrogen) atoms. The molecule has 0 aromatic carbocycles. The van der Waals surface area contributed by atoms with Gasteiger partial charge in [0.15, 0.2) is 0 Å². The van der Waals surface area contributed by atoms with E-state index in [0.29, 0.717) is 12.6 Å². The van der Waals surface area contributed by atoms with Crippen molar-refractivity contribution in [2.75, 3.05) is 11.4 Å². The highest BCUT2D eigenvalue weighted by atomic mass is 16.4. The molecule has 1 rings (SSSR count). The van der Waals surface area contributed by atoms with E-state index in [1.54, 1.807) is 17.0 Å². The quantitative estimate of drug-likeness (QED) is 0.764. The van der Waals surface area contributed by atoms with Crippen LogP contribution in [0.1, 0.15) is 13.8 Å². The molecule has 0 aliphatic heterocycles. The molecule has 0 fully saturated rings. The summed E-state index contributed by atoms with van der Waals surface area (Å²) in [6, 6.07) is 0.294. The van der Waals surface area contributed by atoms with Gasteiger partial charge in [-0.05, 0) is 13.8 Å². The van der Waals surface area contributed by atoms with E-state index in [4.69, 9.17) is 5.11 Å². The van der Waals surface area contributed by atoms with Gasteiger partial charge in [-0.25, -0.2) is 4.79 Å². The Kier molecular flexibility index (Phi) is 4.10. The van der Waals surface area contributed by atoms with E-state index >= 15 is 0 Å². The largest absolute Gasteiger partial charge is 0.478 e. The molecule has 1 aromatic heterocycles. The number of aryl methyl sites for hydroxylation is 1.